The quantitative estimate of drug-likeness (QED) is 0.363. The van der Waals surface area contributed by atoms with Crippen LogP contribution >= 0.6 is 0 Å². The highest BCUT2D eigenvalue weighted by Crippen LogP contribution is 2.31. The van der Waals surface area contributed by atoms with Crippen molar-refractivity contribution < 1.29 is 27.2 Å². The summed E-state index contributed by atoms with van der Waals surface area (Å²) in [5, 5.41) is 8.58. The summed E-state index contributed by atoms with van der Waals surface area (Å²) in [4.78, 5) is 19.2. The number of rotatable bonds is 6. The van der Waals surface area contributed by atoms with E-state index in [-0.39, 0.29) is 12.3 Å². The summed E-state index contributed by atoms with van der Waals surface area (Å²) in [6.07, 6.45) is -3.17. The van der Waals surface area contributed by atoms with E-state index in [0.717, 1.165) is 17.8 Å². The fourth-order valence-corrected chi connectivity index (χ4v) is 4.31. The summed E-state index contributed by atoms with van der Waals surface area (Å²) in [6.45, 7) is 1.56. The highest BCUT2D eigenvalue weighted by Gasteiger charge is 2.30. The number of aryl methyl sites for hydroxylation is 2. The third-order valence-corrected chi connectivity index (χ3v) is 6.24. The standard InChI is InChI=1S/C26H24F3N5O3/c1-36-22-6-3-2-5-20(22)25-30-23(37-32-25)11-12-24(35)33-13-4-14-34-19(16-33)15-21(31-34)17-7-9-18(10-8-17)26(27,28)29/h2-3,5-10,15H,4,11-14,16H2,1H3. The SMILES string of the molecule is COc1ccccc1-c1noc(CCC(=O)N2CCCn3nc(-c4ccc(C(F)(F)F)cc4)cc3C2)n1. The van der Waals surface area contributed by atoms with Crippen molar-refractivity contribution in [2.75, 3.05) is 13.7 Å². The van der Waals surface area contributed by atoms with Crippen LogP contribution in [0.15, 0.2) is 59.1 Å². The van der Waals surface area contributed by atoms with Gasteiger partial charge in [0.25, 0.3) is 0 Å². The van der Waals surface area contributed by atoms with Crippen LogP contribution in [-0.2, 0) is 30.5 Å². The highest BCUT2D eigenvalue weighted by molar-refractivity contribution is 5.76. The number of aromatic nitrogens is 4. The lowest BCUT2D eigenvalue weighted by Gasteiger charge is -2.19. The minimum absolute atomic E-state index is 0.0530. The molecule has 5 rings (SSSR count). The summed E-state index contributed by atoms with van der Waals surface area (Å²) < 4.78 is 51.1. The number of carbonyl (C=O) groups excluding carboxylic acids is 1. The van der Waals surface area contributed by atoms with E-state index >= 15 is 0 Å². The maximum Gasteiger partial charge on any atom is 0.416 e. The zero-order valence-corrected chi connectivity index (χ0v) is 20.0. The van der Waals surface area contributed by atoms with E-state index in [2.05, 4.69) is 15.2 Å². The molecule has 192 valence electrons. The second kappa shape index (κ2) is 10.1. The smallest absolute Gasteiger partial charge is 0.416 e. The molecule has 0 fully saturated rings. The van der Waals surface area contributed by atoms with Crippen molar-refractivity contribution in [3.63, 3.8) is 0 Å². The summed E-state index contributed by atoms with van der Waals surface area (Å²) in [6, 6.07) is 14.1. The predicted octanol–water partition coefficient (Wildman–Crippen LogP) is 4.99. The molecule has 0 saturated carbocycles. The van der Waals surface area contributed by atoms with Crippen molar-refractivity contribution in [1.29, 1.82) is 0 Å². The van der Waals surface area contributed by atoms with Gasteiger partial charge in [0.15, 0.2) is 0 Å². The molecule has 0 aliphatic carbocycles. The van der Waals surface area contributed by atoms with Gasteiger partial charge in [-0.05, 0) is 36.8 Å². The minimum Gasteiger partial charge on any atom is -0.496 e. The molecule has 37 heavy (non-hydrogen) atoms. The van der Waals surface area contributed by atoms with Crippen LogP contribution in [0.1, 0.15) is 30.0 Å². The average Bonchev–Trinajstić information content (AvgIpc) is 3.49. The van der Waals surface area contributed by atoms with E-state index in [1.807, 2.05) is 35.0 Å². The Morgan fingerprint density at radius 3 is 2.65 bits per heavy atom. The Morgan fingerprint density at radius 2 is 1.89 bits per heavy atom. The fraction of sp³-hybridized carbons (Fsp3) is 0.308. The van der Waals surface area contributed by atoms with E-state index in [4.69, 9.17) is 9.26 Å². The summed E-state index contributed by atoms with van der Waals surface area (Å²) in [5.41, 5.74) is 2.00. The van der Waals surface area contributed by atoms with Crippen LogP contribution < -0.4 is 4.74 Å². The molecular formula is C26H24F3N5O3. The van der Waals surface area contributed by atoms with Crippen molar-refractivity contribution in [3.05, 3.63) is 71.7 Å². The Balaban J connectivity index is 1.23. The van der Waals surface area contributed by atoms with E-state index in [1.165, 1.54) is 12.1 Å². The first-order chi connectivity index (χ1) is 17.8. The molecule has 2 aromatic carbocycles. The van der Waals surface area contributed by atoms with Crippen LogP contribution in [0.25, 0.3) is 22.6 Å². The number of hydrogen-bond donors (Lipinski definition) is 0. The molecule has 0 spiro atoms. The lowest BCUT2D eigenvalue weighted by Crippen LogP contribution is -2.30. The highest BCUT2D eigenvalue weighted by atomic mass is 19.4. The topological polar surface area (TPSA) is 86.3 Å². The Labute approximate surface area is 210 Å². The molecule has 1 aliphatic rings. The van der Waals surface area contributed by atoms with Gasteiger partial charge in [0.1, 0.15) is 5.75 Å². The van der Waals surface area contributed by atoms with Crippen LogP contribution in [0.2, 0.25) is 0 Å². The summed E-state index contributed by atoms with van der Waals surface area (Å²) in [7, 11) is 1.57. The van der Waals surface area contributed by atoms with Gasteiger partial charge < -0.3 is 14.2 Å². The summed E-state index contributed by atoms with van der Waals surface area (Å²) in [5.74, 6) is 1.33. The van der Waals surface area contributed by atoms with E-state index in [0.29, 0.717) is 66.8 Å². The van der Waals surface area contributed by atoms with E-state index in [9.17, 15) is 18.0 Å². The number of ether oxygens (including phenoxy) is 1. The zero-order chi connectivity index (χ0) is 26.0. The molecule has 3 heterocycles. The first kappa shape index (κ1) is 24.5. The molecule has 0 atom stereocenters. The molecule has 0 unspecified atom stereocenters. The van der Waals surface area contributed by atoms with Crippen molar-refractivity contribution in [3.8, 4) is 28.4 Å². The second-order valence-electron chi connectivity index (χ2n) is 8.70. The molecule has 4 aromatic rings. The number of amides is 1. The predicted molar refractivity (Wildman–Crippen MR) is 127 cm³/mol. The lowest BCUT2D eigenvalue weighted by atomic mass is 10.1. The van der Waals surface area contributed by atoms with Crippen LogP contribution in [-0.4, -0.2) is 44.4 Å². The van der Waals surface area contributed by atoms with Gasteiger partial charge in [-0.3, -0.25) is 9.48 Å². The number of halogens is 3. The van der Waals surface area contributed by atoms with Gasteiger partial charge >= 0.3 is 6.18 Å². The van der Waals surface area contributed by atoms with Crippen LogP contribution in [0.5, 0.6) is 5.75 Å². The van der Waals surface area contributed by atoms with Gasteiger partial charge in [-0.25, -0.2) is 0 Å². The Morgan fingerprint density at radius 1 is 1.11 bits per heavy atom. The van der Waals surface area contributed by atoms with Crippen LogP contribution in [0, 0.1) is 0 Å². The number of hydrogen-bond acceptors (Lipinski definition) is 6. The maximum absolute atomic E-state index is 13.0. The number of alkyl halides is 3. The number of methoxy groups -OCH3 is 1. The molecule has 0 N–H and O–H groups in total. The number of para-hydroxylation sites is 1. The third-order valence-electron chi connectivity index (χ3n) is 6.24. The zero-order valence-electron chi connectivity index (χ0n) is 20.0. The summed E-state index contributed by atoms with van der Waals surface area (Å²) >= 11 is 0. The first-order valence-electron chi connectivity index (χ1n) is 11.8. The van der Waals surface area contributed by atoms with Crippen molar-refractivity contribution in [2.45, 2.75) is 38.5 Å². The third kappa shape index (κ3) is 5.35. The second-order valence-corrected chi connectivity index (χ2v) is 8.70. The minimum atomic E-state index is -4.39. The Hall–Kier alpha value is -4.15. The van der Waals surface area contributed by atoms with Gasteiger partial charge in [-0.2, -0.15) is 23.3 Å². The van der Waals surface area contributed by atoms with E-state index in [1.54, 1.807) is 12.0 Å². The maximum atomic E-state index is 13.0. The molecule has 8 nitrogen and oxygen atoms in total. The molecule has 1 amide bonds. The van der Waals surface area contributed by atoms with E-state index < -0.39 is 11.7 Å². The molecule has 11 heteroatoms. The first-order valence-corrected chi connectivity index (χ1v) is 11.8. The Kier molecular flexibility index (Phi) is 6.68. The lowest BCUT2D eigenvalue weighted by molar-refractivity contribution is -0.137. The van der Waals surface area contributed by atoms with Gasteiger partial charge in [-0.1, -0.05) is 29.4 Å². The van der Waals surface area contributed by atoms with Crippen molar-refractivity contribution >= 4 is 5.91 Å². The van der Waals surface area contributed by atoms with Gasteiger partial charge in [0, 0.05) is 31.5 Å². The normalized spacial score (nSPS) is 13.8. The van der Waals surface area contributed by atoms with Gasteiger partial charge in [0.2, 0.25) is 17.6 Å². The van der Waals surface area contributed by atoms with Gasteiger partial charge in [0.05, 0.1) is 36.2 Å². The Bertz CT molecular complexity index is 1400. The average molecular weight is 512 g/mol. The molecule has 1 aliphatic heterocycles. The van der Waals surface area contributed by atoms with Crippen molar-refractivity contribution in [1.82, 2.24) is 24.8 Å². The molecule has 0 radical (unpaired) electrons. The van der Waals surface area contributed by atoms with Gasteiger partial charge in [-0.15, -0.1) is 0 Å². The number of nitrogens with zero attached hydrogens (tertiary/aromatic N) is 5. The molecule has 0 saturated heterocycles. The number of fused-ring (bicyclic) bond motifs is 1. The fourth-order valence-electron chi connectivity index (χ4n) is 4.31. The van der Waals surface area contributed by atoms with Crippen LogP contribution in [0.4, 0.5) is 13.2 Å². The molecule has 0 bridgehead atoms. The van der Waals surface area contributed by atoms with Crippen molar-refractivity contribution in [2.24, 2.45) is 0 Å². The molecule has 2 aromatic heterocycles. The number of benzene rings is 2. The number of carbonyl (C=O) groups is 1. The molecular weight excluding hydrogens is 487 g/mol. The van der Waals surface area contributed by atoms with Crippen LogP contribution in [0.3, 0.4) is 0 Å². The largest absolute Gasteiger partial charge is 0.496 e. The monoisotopic (exact) mass is 511 g/mol.